The van der Waals surface area contributed by atoms with Crippen molar-refractivity contribution in [2.45, 2.75) is 12.6 Å². The largest absolute Gasteiger partial charge is 0.490 e. The number of para-hydroxylation sites is 1. The molecule has 2 aromatic carbocycles. The molecule has 1 aliphatic heterocycles. The highest BCUT2D eigenvalue weighted by molar-refractivity contribution is 6.04. The quantitative estimate of drug-likeness (QED) is 0.303. The number of carboxylic acids is 1. The third-order valence-corrected chi connectivity index (χ3v) is 5.59. The lowest BCUT2D eigenvalue weighted by atomic mass is 10.0. The van der Waals surface area contributed by atoms with Crippen molar-refractivity contribution in [2.75, 3.05) is 11.9 Å². The van der Waals surface area contributed by atoms with E-state index in [1.807, 2.05) is 60.7 Å². The molecule has 8 nitrogen and oxygen atoms in total. The third-order valence-electron chi connectivity index (χ3n) is 5.59. The number of benzene rings is 2. The molecule has 0 aliphatic carbocycles. The first kappa shape index (κ1) is 26.1. The molecule has 0 unspecified atom stereocenters. The van der Waals surface area contributed by atoms with Crippen LogP contribution in [0, 0.1) is 0 Å². The number of aromatic nitrogens is 2. The number of aliphatic carboxylic acids is 1. The molecule has 0 atom stereocenters. The van der Waals surface area contributed by atoms with Crippen LogP contribution < -0.4 is 10.6 Å². The molecule has 0 saturated carbocycles. The number of hydrogen-bond donors (Lipinski definition) is 4. The Hall–Kier alpha value is -4.93. The van der Waals surface area contributed by atoms with E-state index in [0.717, 1.165) is 40.3 Å². The van der Waals surface area contributed by atoms with Crippen LogP contribution in [0.25, 0.3) is 22.5 Å². The van der Waals surface area contributed by atoms with Crippen LogP contribution in [-0.2, 0) is 11.2 Å². The van der Waals surface area contributed by atoms with Crippen LogP contribution >= 0.6 is 0 Å². The first-order valence-electron chi connectivity index (χ1n) is 11.4. The average Bonchev–Trinajstić information content (AvgIpc) is 3.35. The second kappa shape index (κ2) is 11.0. The molecular formula is C27H21F3N4O4. The number of fused-ring (bicyclic) bond motifs is 1. The van der Waals surface area contributed by atoms with E-state index in [9.17, 15) is 22.8 Å². The average molecular weight is 522 g/mol. The van der Waals surface area contributed by atoms with Crippen LogP contribution in [0.4, 0.5) is 18.9 Å². The number of aromatic amines is 1. The molecular weight excluding hydrogens is 501 g/mol. The summed E-state index contributed by atoms with van der Waals surface area (Å²) >= 11 is 0. The van der Waals surface area contributed by atoms with Crippen molar-refractivity contribution in [1.29, 1.82) is 0 Å². The van der Waals surface area contributed by atoms with Gasteiger partial charge in [0.15, 0.2) is 0 Å². The SMILES string of the molecule is O=C(Nc1ccccc1)c1ccc(-c2cc(-c3cc4c([nH]3)CCNC4=O)ccn2)cc1.O=C(O)C(F)(F)F. The van der Waals surface area contributed by atoms with Gasteiger partial charge in [-0.3, -0.25) is 14.6 Å². The summed E-state index contributed by atoms with van der Waals surface area (Å²) in [6, 6.07) is 22.5. The van der Waals surface area contributed by atoms with Crippen molar-refractivity contribution >= 4 is 23.5 Å². The molecule has 0 fully saturated rings. The number of hydrogen-bond acceptors (Lipinski definition) is 4. The summed E-state index contributed by atoms with van der Waals surface area (Å²) in [7, 11) is 0. The molecule has 0 spiro atoms. The fraction of sp³-hybridized carbons (Fsp3) is 0.111. The number of H-pyrrole nitrogens is 1. The van der Waals surface area contributed by atoms with E-state index >= 15 is 0 Å². The van der Waals surface area contributed by atoms with Gasteiger partial charge in [-0.05, 0) is 42.5 Å². The lowest BCUT2D eigenvalue weighted by Gasteiger charge is -2.11. The van der Waals surface area contributed by atoms with Crippen LogP contribution in [-0.4, -0.2) is 45.6 Å². The number of alkyl halides is 3. The van der Waals surface area contributed by atoms with Gasteiger partial charge in [0.05, 0.1) is 11.3 Å². The van der Waals surface area contributed by atoms with Crippen LogP contribution in [0.2, 0.25) is 0 Å². The van der Waals surface area contributed by atoms with Gasteiger partial charge in [-0.25, -0.2) is 4.79 Å². The lowest BCUT2D eigenvalue weighted by molar-refractivity contribution is -0.192. The molecule has 2 amide bonds. The fourth-order valence-corrected chi connectivity index (χ4v) is 3.72. The number of pyridine rings is 1. The summed E-state index contributed by atoms with van der Waals surface area (Å²) in [4.78, 5) is 41.2. The van der Waals surface area contributed by atoms with Gasteiger partial charge in [0.1, 0.15) is 0 Å². The molecule has 2 aromatic heterocycles. The van der Waals surface area contributed by atoms with Crippen molar-refractivity contribution in [3.63, 3.8) is 0 Å². The van der Waals surface area contributed by atoms with E-state index in [2.05, 4.69) is 20.6 Å². The maximum atomic E-state index is 12.5. The minimum absolute atomic E-state index is 0.0394. The molecule has 38 heavy (non-hydrogen) atoms. The molecule has 4 aromatic rings. The lowest BCUT2D eigenvalue weighted by Crippen LogP contribution is -2.31. The molecule has 5 rings (SSSR count). The van der Waals surface area contributed by atoms with Crippen LogP contribution in [0.3, 0.4) is 0 Å². The molecule has 4 N–H and O–H groups in total. The number of carboxylic acid groups (broad SMARTS) is 1. The summed E-state index contributed by atoms with van der Waals surface area (Å²) in [5.41, 5.74) is 6.55. The Morgan fingerprint density at radius 2 is 1.63 bits per heavy atom. The number of nitrogens with one attached hydrogen (secondary N) is 3. The first-order chi connectivity index (χ1) is 18.1. The third kappa shape index (κ3) is 6.25. The van der Waals surface area contributed by atoms with Gasteiger partial charge in [0.25, 0.3) is 11.8 Å². The predicted octanol–water partition coefficient (Wildman–Crippen LogP) is 4.92. The second-order valence-corrected chi connectivity index (χ2v) is 8.21. The van der Waals surface area contributed by atoms with Crippen molar-refractivity contribution in [2.24, 2.45) is 0 Å². The first-order valence-corrected chi connectivity index (χ1v) is 11.4. The molecule has 0 radical (unpaired) electrons. The van der Waals surface area contributed by atoms with Gasteiger partial charge < -0.3 is 20.7 Å². The Morgan fingerprint density at radius 1 is 0.947 bits per heavy atom. The van der Waals surface area contributed by atoms with E-state index in [4.69, 9.17) is 9.90 Å². The smallest absolute Gasteiger partial charge is 0.475 e. The summed E-state index contributed by atoms with van der Waals surface area (Å²) in [6.45, 7) is 0.650. The maximum absolute atomic E-state index is 12.5. The highest BCUT2D eigenvalue weighted by Gasteiger charge is 2.38. The maximum Gasteiger partial charge on any atom is 0.490 e. The van der Waals surface area contributed by atoms with Crippen LogP contribution in [0.15, 0.2) is 79.0 Å². The zero-order chi connectivity index (χ0) is 27.3. The summed E-state index contributed by atoms with van der Waals surface area (Å²) in [5, 5.41) is 12.9. The number of carbonyl (C=O) groups excluding carboxylic acids is 2. The minimum Gasteiger partial charge on any atom is -0.475 e. The number of nitrogens with zero attached hydrogens (tertiary/aromatic N) is 1. The van der Waals surface area contributed by atoms with Gasteiger partial charge in [0.2, 0.25) is 0 Å². The van der Waals surface area contributed by atoms with Gasteiger partial charge in [0, 0.05) is 52.9 Å². The Kier molecular flexibility index (Phi) is 7.56. The van der Waals surface area contributed by atoms with Gasteiger partial charge in [-0.15, -0.1) is 0 Å². The molecule has 1 aliphatic rings. The van der Waals surface area contributed by atoms with E-state index in [0.29, 0.717) is 17.7 Å². The normalized spacial score (nSPS) is 12.4. The topological polar surface area (TPSA) is 124 Å². The fourth-order valence-electron chi connectivity index (χ4n) is 3.72. The zero-order valence-electron chi connectivity index (χ0n) is 19.7. The minimum atomic E-state index is -5.08. The molecule has 0 saturated heterocycles. The van der Waals surface area contributed by atoms with Gasteiger partial charge in [-0.2, -0.15) is 13.2 Å². The highest BCUT2D eigenvalue weighted by atomic mass is 19.4. The second-order valence-electron chi connectivity index (χ2n) is 8.21. The Morgan fingerprint density at radius 3 is 2.26 bits per heavy atom. The van der Waals surface area contributed by atoms with Crippen LogP contribution in [0.5, 0.6) is 0 Å². The van der Waals surface area contributed by atoms with E-state index in [1.54, 1.807) is 18.3 Å². The number of halogens is 3. The van der Waals surface area contributed by atoms with Crippen molar-refractivity contribution in [3.05, 3.63) is 95.8 Å². The monoisotopic (exact) mass is 522 g/mol. The number of anilines is 1. The predicted molar refractivity (Wildman–Crippen MR) is 134 cm³/mol. The molecule has 3 heterocycles. The number of carbonyl (C=O) groups is 3. The van der Waals surface area contributed by atoms with Crippen molar-refractivity contribution < 1.29 is 32.7 Å². The molecule has 194 valence electrons. The Balaban J connectivity index is 0.000000426. The molecule has 0 bridgehead atoms. The Labute approximate surface area is 214 Å². The van der Waals surface area contributed by atoms with Crippen molar-refractivity contribution in [3.8, 4) is 22.5 Å². The number of amides is 2. The highest BCUT2D eigenvalue weighted by Crippen LogP contribution is 2.27. The summed E-state index contributed by atoms with van der Waals surface area (Å²) in [6.07, 6.45) is -2.54. The van der Waals surface area contributed by atoms with Gasteiger partial charge >= 0.3 is 12.1 Å². The van der Waals surface area contributed by atoms with Crippen LogP contribution in [0.1, 0.15) is 26.4 Å². The molecule has 11 heteroatoms. The summed E-state index contributed by atoms with van der Waals surface area (Å²) in [5.74, 6) is -2.95. The zero-order valence-corrected chi connectivity index (χ0v) is 19.7. The van der Waals surface area contributed by atoms with Gasteiger partial charge in [-0.1, -0.05) is 30.3 Å². The van der Waals surface area contributed by atoms with E-state index in [-0.39, 0.29) is 11.8 Å². The standard InChI is InChI=1S/C25H20N4O2.C2HF3O2/c30-24(28-19-4-2-1-3-5-19)17-8-6-16(7-9-17)22-14-18(10-12-26-22)23-15-20-21(29-23)11-13-27-25(20)31;3-2(4,5)1(6)7/h1-10,12,14-15,29H,11,13H2,(H,27,31)(H,28,30);(H,6,7). The number of rotatable bonds is 4. The van der Waals surface area contributed by atoms with E-state index in [1.165, 1.54) is 0 Å². The Bertz CT molecular complexity index is 1470. The van der Waals surface area contributed by atoms with E-state index < -0.39 is 12.1 Å². The summed E-state index contributed by atoms with van der Waals surface area (Å²) < 4.78 is 31.7. The van der Waals surface area contributed by atoms with Crippen molar-refractivity contribution in [1.82, 2.24) is 15.3 Å².